The molecule has 0 saturated heterocycles. The van der Waals surface area contributed by atoms with Gasteiger partial charge in [-0.15, -0.1) is 0 Å². The fourth-order valence-electron chi connectivity index (χ4n) is 4.32. The molecule has 12 heteroatoms. The first-order valence-electron chi connectivity index (χ1n) is 13.4. The van der Waals surface area contributed by atoms with Crippen LogP contribution in [0.5, 0.6) is 5.75 Å². The van der Waals surface area contributed by atoms with Crippen molar-refractivity contribution >= 4 is 41.5 Å². The summed E-state index contributed by atoms with van der Waals surface area (Å²) in [5.74, 6) is 0.834. The Morgan fingerprint density at radius 2 is 1.75 bits per heavy atom. The summed E-state index contributed by atoms with van der Waals surface area (Å²) in [6, 6.07) is 15.4. The molecular formula is C28H37N6O5P. The summed E-state index contributed by atoms with van der Waals surface area (Å²) in [4.78, 5) is 21.8. The van der Waals surface area contributed by atoms with Gasteiger partial charge in [0.15, 0.2) is 5.82 Å². The molecule has 40 heavy (non-hydrogen) atoms. The number of hydrogen-bond acceptors (Lipinski definition) is 9. The van der Waals surface area contributed by atoms with Gasteiger partial charge in [-0.2, -0.15) is 5.09 Å². The highest BCUT2D eigenvalue weighted by Gasteiger charge is 2.35. The standard InChI is InChI=1S/C28H37N6O5P/c1-6-30-16-24-32-25-26(22-14-10-11-15-23(22)31-27(25)29)34(24)17-19(4)38-40(36,39-21-12-8-7-9-13-21)33-20(5)28(35)37-18(2)3/h7-15,18-20,30H,6,16-17H2,1-5H3,(H2,29,31)(H,33,36). The molecule has 11 nitrogen and oxygen atoms in total. The normalized spacial score (nSPS) is 14.8. The fourth-order valence-corrected chi connectivity index (χ4v) is 6.00. The van der Waals surface area contributed by atoms with Gasteiger partial charge in [0.25, 0.3) is 0 Å². The highest BCUT2D eigenvalue weighted by Crippen LogP contribution is 2.46. The van der Waals surface area contributed by atoms with Crippen LogP contribution in [-0.2, 0) is 31.7 Å². The minimum absolute atomic E-state index is 0.277. The maximum atomic E-state index is 14.1. The highest BCUT2D eigenvalue weighted by molar-refractivity contribution is 7.52. The maximum Gasteiger partial charge on any atom is 0.459 e. The molecule has 0 fully saturated rings. The first kappa shape index (κ1) is 29.5. The lowest BCUT2D eigenvalue weighted by atomic mass is 10.2. The molecule has 0 aliphatic rings. The molecule has 2 aromatic heterocycles. The number of anilines is 1. The first-order valence-corrected chi connectivity index (χ1v) is 14.9. The Kier molecular flexibility index (Phi) is 9.42. The first-order chi connectivity index (χ1) is 19.1. The summed E-state index contributed by atoms with van der Waals surface area (Å²) < 4.78 is 33.3. The van der Waals surface area contributed by atoms with E-state index in [-0.39, 0.29) is 12.6 Å². The fraction of sp³-hybridized carbons (Fsp3) is 0.393. The summed E-state index contributed by atoms with van der Waals surface area (Å²) in [6.07, 6.45) is -0.964. The molecule has 0 spiro atoms. The molecule has 214 valence electrons. The quantitative estimate of drug-likeness (QED) is 0.152. The molecule has 2 aromatic carbocycles. The number of carbonyl (C=O) groups excluding carboxylic acids is 1. The molecule has 0 bridgehead atoms. The van der Waals surface area contributed by atoms with Crippen molar-refractivity contribution in [1.82, 2.24) is 24.9 Å². The van der Waals surface area contributed by atoms with E-state index in [0.717, 1.165) is 28.8 Å². The number of ether oxygens (including phenoxy) is 1. The molecule has 0 aliphatic carbocycles. The lowest BCUT2D eigenvalue weighted by molar-refractivity contribution is -0.149. The van der Waals surface area contributed by atoms with Gasteiger partial charge in [0.05, 0.1) is 36.3 Å². The Balaban J connectivity index is 1.68. The van der Waals surface area contributed by atoms with Gasteiger partial charge in [0, 0.05) is 5.39 Å². The van der Waals surface area contributed by atoms with Crippen molar-refractivity contribution in [3.05, 3.63) is 60.4 Å². The Labute approximate surface area is 234 Å². The number of para-hydroxylation sites is 2. The van der Waals surface area contributed by atoms with E-state index in [0.29, 0.717) is 23.6 Å². The van der Waals surface area contributed by atoms with E-state index < -0.39 is 25.9 Å². The molecular weight excluding hydrogens is 531 g/mol. The van der Waals surface area contributed by atoms with Crippen LogP contribution in [0.2, 0.25) is 0 Å². The van der Waals surface area contributed by atoms with Crippen molar-refractivity contribution in [2.45, 2.75) is 66.0 Å². The molecule has 3 atom stereocenters. The van der Waals surface area contributed by atoms with Crippen LogP contribution < -0.4 is 20.7 Å². The number of rotatable bonds is 13. The number of pyridine rings is 1. The second kappa shape index (κ2) is 12.8. The maximum absolute atomic E-state index is 14.1. The van der Waals surface area contributed by atoms with E-state index in [1.807, 2.05) is 41.8 Å². The molecule has 3 unspecified atom stereocenters. The van der Waals surface area contributed by atoms with Crippen molar-refractivity contribution in [2.75, 3.05) is 12.3 Å². The Bertz CT molecular complexity index is 1510. The van der Waals surface area contributed by atoms with Gasteiger partial charge in [-0.3, -0.25) is 9.32 Å². The van der Waals surface area contributed by atoms with Gasteiger partial charge in [-0.1, -0.05) is 43.3 Å². The molecule has 2 heterocycles. The summed E-state index contributed by atoms with van der Waals surface area (Å²) in [6.45, 7) is 10.4. The van der Waals surface area contributed by atoms with Crippen LogP contribution in [0.4, 0.5) is 5.82 Å². The third-order valence-corrected chi connectivity index (χ3v) is 7.80. The van der Waals surface area contributed by atoms with Crippen LogP contribution in [0.25, 0.3) is 21.9 Å². The zero-order chi connectivity index (χ0) is 28.9. The minimum Gasteiger partial charge on any atom is -0.462 e. The number of imidazole rings is 1. The predicted octanol–water partition coefficient (Wildman–Crippen LogP) is 4.80. The van der Waals surface area contributed by atoms with Crippen molar-refractivity contribution < 1.29 is 23.1 Å². The summed E-state index contributed by atoms with van der Waals surface area (Å²) >= 11 is 0. The van der Waals surface area contributed by atoms with Crippen molar-refractivity contribution in [1.29, 1.82) is 0 Å². The number of aromatic nitrogens is 3. The third kappa shape index (κ3) is 6.98. The second-order valence-corrected chi connectivity index (χ2v) is 11.4. The monoisotopic (exact) mass is 568 g/mol. The summed E-state index contributed by atoms with van der Waals surface area (Å²) in [5.41, 5.74) is 8.46. The van der Waals surface area contributed by atoms with E-state index >= 15 is 0 Å². The van der Waals surface area contributed by atoms with E-state index in [2.05, 4.69) is 15.4 Å². The predicted molar refractivity (Wildman–Crippen MR) is 156 cm³/mol. The van der Waals surface area contributed by atoms with Crippen molar-refractivity contribution in [2.24, 2.45) is 0 Å². The summed E-state index contributed by atoms with van der Waals surface area (Å²) in [7, 11) is -4.06. The van der Waals surface area contributed by atoms with Crippen molar-refractivity contribution in [3.8, 4) is 5.75 Å². The number of nitrogen functional groups attached to an aromatic ring is 1. The highest BCUT2D eigenvalue weighted by atomic mass is 31.2. The van der Waals surface area contributed by atoms with Crippen molar-refractivity contribution in [3.63, 3.8) is 0 Å². The average molecular weight is 569 g/mol. The van der Waals surface area contributed by atoms with E-state index in [9.17, 15) is 9.36 Å². The zero-order valence-corrected chi connectivity index (χ0v) is 24.4. The van der Waals surface area contributed by atoms with E-state index in [1.54, 1.807) is 52.0 Å². The number of fused-ring (bicyclic) bond motifs is 3. The van der Waals surface area contributed by atoms with Crippen LogP contribution in [0.1, 0.15) is 40.4 Å². The van der Waals surface area contributed by atoms with E-state index in [1.165, 1.54) is 0 Å². The zero-order valence-electron chi connectivity index (χ0n) is 23.5. The van der Waals surface area contributed by atoms with Gasteiger partial charge in [-0.25, -0.2) is 14.5 Å². The lowest BCUT2D eigenvalue weighted by Gasteiger charge is -2.26. The molecule has 0 amide bonds. The van der Waals surface area contributed by atoms with E-state index in [4.69, 9.17) is 24.5 Å². The smallest absolute Gasteiger partial charge is 0.459 e. The second-order valence-electron chi connectivity index (χ2n) is 9.78. The van der Waals surface area contributed by atoms with Crippen LogP contribution in [0.3, 0.4) is 0 Å². The molecule has 0 saturated carbocycles. The number of esters is 1. The molecule has 4 aromatic rings. The number of carbonyl (C=O) groups is 1. The Hall–Kier alpha value is -3.50. The average Bonchev–Trinajstić information content (AvgIpc) is 3.26. The SMILES string of the molecule is CCNCc1nc2c(N)nc3ccccc3c2n1CC(C)OP(=O)(NC(C)C(=O)OC(C)C)Oc1ccccc1. The number of benzene rings is 2. The van der Waals surface area contributed by atoms with Crippen LogP contribution in [-0.4, -0.2) is 45.3 Å². The lowest BCUT2D eigenvalue weighted by Crippen LogP contribution is -2.37. The van der Waals surface area contributed by atoms with Gasteiger partial charge >= 0.3 is 13.7 Å². The number of nitrogens with one attached hydrogen (secondary N) is 2. The number of nitrogens with two attached hydrogens (primary N) is 1. The number of hydrogen-bond donors (Lipinski definition) is 3. The largest absolute Gasteiger partial charge is 0.462 e. The third-order valence-electron chi connectivity index (χ3n) is 6.01. The number of nitrogens with zero attached hydrogens (tertiary/aromatic N) is 3. The molecule has 0 radical (unpaired) electrons. The van der Waals surface area contributed by atoms with Gasteiger partial charge in [0.2, 0.25) is 0 Å². The van der Waals surface area contributed by atoms with Crippen LogP contribution >= 0.6 is 7.75 Å². The van der Waals surface area contributed by atoms with Gasteiger partial charge in [-0.05, 0) is 52.4 Å². The minimum atomic E-state index is -4.06. The van der Waals surface area contributed by atoms with Crippen LogP contribution in [0, 0.1) is 0 Å². The van der Waals surface area contributed by atoms with Crippen LogP contribution in [0.15, 0.2) is 54.6 Å². The Morgan fingerprint density at radius 3 is 2.45 bits per heavy atom. The topological polar surface area (TPSA) is 143 Å². The molecule has 4 rings (SSSR count). The van der Waals surface area contributed by atoms with Gasteiger partial charge < -0.3 is 24.9 Å². The Morgan fingerprint density at radius 1 is 1.05 bits per heavy atom. The summed E-state index contributed by atoms with van der Waals surface area (Å²) in [5, 5.41) is 6.95. The molecule has 4 N–H and O–H groups in total. The molecule has 0 aliphatic heterocycles. The van der Waals surface area contributed by atoms with Gasteiger partial charge in [0.1, 0.15) is 23.1 Å².